The van der Waals surface area contributed by atoms with Gasteiger partial charge < -0.3 is 14.8 Å². The van der Waals surface area contributed by atoms with E-state index in [2.05, 4.69) is 20.5 Å². The zero-order valence-corrected chi connectivity index (χ0v) is 16.2. The number of carbonyl (C=O) groups excluding carboxylic acids is 1. The molecule has 0 atom stereocenters. The summed E-state index contributed by atoms with van der Waals surface area (Å²) in [6.07, 6.45) is 0. The van der Waals surface area contributed by atoms with Crippen molar-refractivity contribution in [2.24, 2.45) is 0 Å². The van der Waals surface area contributed by atoms with Crippen LogP contribution in [0, 0.1) is 0 Å². The van der Waals surface area contributed by atoms with E-state index in [1.807, 2.05) is 48.5 Å². The lowest BCUT2D eigenvalue weighted by Crippen LogP contribution is -2.38. The van der Waals surface area contributed by atoms with Gasteiger partial charge in [0.2, 0.25) is 0 Å². The molecule has 0 unspecified atom stereocenters. The van der Waals surface area contributed by atoms with Crippen molar-refractivity contribution < 1.29 is 14.3 Å². The number of anilines is 2. The lowest BCUT2D eigenvalue weighted by Gasteiger charge is -2.26. The van der Waals surface area contributed by atoms with Crippen molar-refractivity contribution in [2.75, 3.05) is 50.1 Å². The molecule has 1 aromatic heterocycles. The summed E-state index contributed by atoms with van der Waals surface area (Å²) in [5.74, 6) is 0.810. The summed E-state index contributed by atoms with van der Waals surface area (Å²) in [5.41, 5.74) is 1.57. The first-order valence-corrected chi connectivity index (χ1v) is 10.0. The summed E-state index contributed by atoms with van der Waals surface area (Å²) in [7, 11) is 0. The number of ether oxygens (including phenoxy) is 2. The molecule has 2 N–H and O–H groups in total. The number of carbonyl (C=O) groups is 1. The number of hydrogen-bond donors (Lipinski definition) is 2. The van der Waals surface area contributed by atoms with Crippen LogP contribution < -0.4 is 15.4 Å². The van der Waals surface area contributed by atoms with E-state index in [1.165, 1.54) is 11.3 Å². The first-order valence-electron chi connectivity index (χ1n) is 9.23. The molecule has 2 aromatic carbocycles. The van der Waals surface area contributed by atoms with Gasteiger partial charge in [-0.3, -0.25) is 10.2 Å². The van der Waals surface area contributed by atoms with Crippen LogP contribution in [-0.2, 0) is 4.74 Å². The average Bonchev–Trinajstić information content (AvgIpc) is 3.11. The number of para-hydroxylation sites is 1. The van der Waals surface area contributed by atoms with Gasteiger partial charge in [0.1, 0.15) is 12.4 Å². The molecule has 0 saturated carbocycles. The number of urea groups is 1. The van der Waals surface area contributed by atoms with E-state index in [0.29, 0.717) is 11.7 Å². The molecular formula is C20H22N4O3S. The highest BCUT2D eigenvalue weighted by molar-refractivity contribution is 7.22. The Bertz CT molecular complexity index is 926. The van der Waals surface area contributed by atoms with E-state index in [4.69, 9.17) is 9.47 Å². The van der Waals surface area contributed by atoms with Crippen LogP contribution in [-0.4, -0.2) is 55.4 Å². The number of morpholine rings is 1. The summed E-state index contributed by atoms with van der Waals surface area (Å²) in [6.45, 7) is 5.01. The molecule has 1 fully saturated rings. The molecule has 2 amide bonds. The first-order chi connectivity index (χ1) is 13.8. The predicted molar refractivity (Wildman–Crippen MR) is 111 cm³/mol. The number of aromatic nitrogens is 1. The molecule has 1 aliphatic heterocycles. The maximum atomic E-state index is 12.1. The predicted octanol–water partition coefficient (Wildman–Crippen LogP) is 3.65. The Morgan fingerprint density at radius 1 is 1.14 bits per heavy atom. The molecule has 28 heavy (non-hydrogen) atoms. The second kappa shape index (κ2) is 9.01. The highest BCUT2D eigenvalue weighted by Crippen LogP contribution is 2.29. The second-order valence-corrected chi connectivity index (χ2v) is 7.43. The van der Waals surface area contributed by atoms with Crippen LogP contribution in [0.15, 0.2) is 48.5 Å². The first kappa shape index (κ1) is 18.7. The van der Waals surface area contributed by atoms with Crippen molar-refractivity contribution in [1.29, 1.82) is 0 Å². The van der Waals surface area contributed by atoms with Crippen LogP contribution in [0.1, 0.15) is 0 Å². The van der Waals surface area contributed by atoms with Gasteiger partial charge in [-0.25, -0.2) is 9.78 Å². The summed E-state index contributed by atoms with van der Waals surface area (Å²) < 4.78 is 12.2. The van der Waals surface area contributed by atoms with Crippen LogP contribution in [0.3, 0.4) is 0 Å². The quantitative estimate of drug-likeness (QED) is 0.663. The highest BCUT2D eigenvalue weighted by atomic mass is 32.1. The van der Waals surface area contributed by atoms with Gasteiger partial charge in [0.25, 0.3) is 0 Å². The van der Waals surface area contributed by atoms with Gasteiger partial charge in [-0.1, -0.05) is 29.5 Å². The van der Waals surface area contributed by atoms with E-state index in [-0.39, 0.29) is 6.03 Å². The Balaban J connectivity index is 1.33. The van der Waals surface area contributed by atoms with Crippen molar-refractivity contribution in [2.45, 2.75) is 0 Å². The minimum absolute atomic E-state index is 0.313. The summed E-state index contributed by atoms with van der Waals surface area (Å²) in [4.78, 5) is 18.9. The summed E-state index contributed by atoms with van der Waals surface area (Å²) >= 11 is 1.42. The lowest BCUT2D eigenvalue weighted by molar-refractivity contribution is 0.0322. The average molecular weight is 398 g/mol. The number of fused-ring (bicyclic) bond motifs is 1. The molecule has 0 spiro atoms. The van der Waals surface area contributed by atoms with Crippen LogP contribution in [0.5, 0.6) is 5.75 Å². The molecule has 0 radical (unpaired) electrons. The third kappa shape index (κ3) is 4.98. The Labute approximate surface area is 167 Å². The van der Waals surface area contributed by atoms with Crippen LogP contribution in [0.2, 0.25) is 0 Å². The number of nitrogens with one attached hydrogen (secondary N) is 2. The third-order valence-corrected chi connectivity index (χ3v) is 5.33. The Morgan fingerprint density at radius 3 is 2.79 bits per heavy atom. The van der Waals surface area contributed by atoms with E-state index < -0.39 is 0 Å². The summed E-state index contributed by atoms with van der Waals surface area (Å²) in [6, 6.07) is 14.8. The van der Waals surface area contributed by atoms with Gasteiger partial charge in [0.15, 0.2) is 5.13 Å². The lowest BCUT2D eigenvalue weighted by atomic mass is 10.3. The molecule has 1 saturated heterocycles. The zero-order chi connectivity index (χ0) is 19.2. The van der Waals surface area contributed by atoms with Crippen molar-refractivity contribution in [3.8, 4) is 5.75 Å². The molecule has 2 heterocycles. The van der Waals surface area contributed by atoms with E-state index in [0.717, 1.165) is 54.5 Å². The van der Waals surface area contributed by atoms with E-state index in [1.54, 1.807) is 0 Å². The standard InChI is InChI=1S/C20H22N4O3S/c25-19(21-15-4-2-1-3-5-15)23-20-22-17-7-6-16(14-18(17)28-20)27-13-10-24-8-11-26-12-9-24/h1-7,14H,8-13H2,(H2,21,22,23,25). The Morgan fingerprint density at radius 2 is 1.96 bits per heavy atom. The van der Waals surface area contributed by atoms with Crippen molar-refractivity contribution in [1.82, 2.24) is 9.88 Å². The second-order valence-electron chi connectivity index (χ2n) is 6.40. The maximum Gasteiger partial charge on any atom is 0.325 e. The molecule has 8 heteroatoms. The number of benzene rings is 2. The molecule has 146 valence electrons. The smallest absolute Gasteiger partial charge is 0.325 e. The molecule has 4 rings (SSSR count). The van der Waals surface area contributed by atoms with Gasteiger partial charge >= 0.3 is 6.03 Å². The van der Waals surface area contributed by atoms with E-state index >= 15 is 0 Å². The minimum Gasteiger partial charge on any atom is -0.492 e. The van der Waals surface area contributed by atoms with Gasteiger partial charge in [-0.2, -0.15) is 0 Å². The fraction of sp³-hybridized carbons (Fsp3) is 0.300. The number of hydrogen-bond acceptors (Lipinski definition) is 6. The third-order valence-electron chi connectivity index (χ3n) is 4.39. The van der Waals surface area contributed by atoms with E-state index in [9.17, 15) is 4.79 Å². The molecular weight excluding hydrogens is 376 g/mol. The van der Waals surface area contributed by atoms with Gasteiger partial charge in [0, 0.05) is 25.3 Å². The number of thiazole rings is 1. The topological polar surface area (TPSA) is 75.7 Å². The van der Waals surface area contributed by atoms with Crippen LogP contribution in [0.25, 0.3) is 10.2 Å². The molecule has 7 nitrogen and oxygen atoms in total. The fourth-order valence-electron chi connectivity index (χ4n) is 2.95. The molecule has 3 aromatic rings. The number of amides is 2. The number of rotatable bonds is 6. The summed E-state index contributed by atoms with van der Waals surface area (Å²) in [5, 5.41) is 6.12. The molecule has 0 bridgehead atoms. The largest absolute Gasteiger partial charge is 0.492 e. The Kier molecular flexibility index (Phi) is 6.01. The van der Waals surface area contributed by atoms with Gasteiger partial charge in [0.05, 0.1) is 23.4 Å². The monoisotopic (exact) mass is 398 g/mol. The zero-order valence-electron chi connectivity index (χ0n) is 15.4. The van der Waals surface area contributed by atoms with Crippen molar-refractivity contribution in [3.05, 3.63) is 48.5 Å². The number of nitrogens with zero attached hydrogens (tertiary/aromatic N) is 2. The Hall–Kier alpha value is -2.68. The normalized spacial score (nSPS) is 14.7. The molecule has 0 aliphatic carbocycles. The fourth-order valence-corrected chi connectivity index (χ4v) is 3.84. The maximum absolute atomic E-state index is 12.1. The van der Waals surface area contributed by atoms with Gasteiger partial charge in [-0.15, -0.1) is 0 Å². The molecule has 1 aliphatic rings. The van der Waals surface area contributed by atoms with Gasteiger partial charge in [-0.05, 0) is 30.3 Å². The minimum atomic E-state index is -0.313. The SMILES string of the molecule is O=C(Nc1ccccc1)Nc1nc2ccc(OCCN3CCOCC3)cc2s1. The van der Waals surface area contributed by atoms with Crippen molar-refractivity contribution >= 4 is 38.4 Å². The highest BCUT2D eigenvalue weighted by Gasteiger charge is 2.11. The van der Waals surface area contributed by atoms with Crippen molar-refractivity contribution in [3.63, 3.8) is 0 Å². The van der Waals surface area contributed by atoms with Crippen LogP contribution in [0.4, 0.5) is 15.6 Å². The van der Waals surface area contributed by atoms with Crippen LogP contribution >= 0.6 is 11.3 Å².